The third-order valence-electron chi connectivity index (χ3n) is 3.34. The van der Waals surface area contributed by atoms with E-state index in [1.165, 1.54) is 18.2 Å². The second-order valence-electron chi connectivity index (χ2n) is 6.01. The van der Waals surface area contributed by atoms with Gasteiger partial charge in [-0.15, -0.1) is 0 Å². The lowest BCUT2D eigenvalue weighted by molar-refractivity contribution is -0.116. The highest BCUT2D eigenvalue weighted by molar-refractivity contribution is 9.10. The van der Waals surface area contributed by atoms with E-state index in [0.717, 1.165) is 0 Å². The maximum absolute atomic E-state index is 13.0. The molecule has 0 heterocycles. The summed E-state index contributed by atoms with van der Waals surface area (Å²) in [4.78, 5) is 23.9. The number of ether oxygens (including phenoxy) is 1. The van der Waals surface area contributed by atoms with Crippen LogP contribution in [0, 0.1) is 11.7 Å². The third kappa shape index (κ3) is 5.98. The van der Waals surface area contributed by atoms with Crippen LogP contribution >= 0.6 is 15.9 Å². The van der Waals surface area contributed by atoms with Crippen LogP contribution in [0.15, 0.2) is 46.9 Å². The topological polar surface area (TPSA) is 55.4 Å². The zero-order valence-corrected chi connectivity index (χ0v) is 15.6. The van der Waals surface area contributed by atoms with Gasteiger partial charge < -0.3 is 10.1 Å². The number of carbonyl (C=O) groups excluding carboxylic acids is 2. The number of nitrogens with one attached hydrogen (secondary N) is 1. The number of hydrogen-bond acceptors (Lipinski definition) is 3. The van der Waals surface area contributed by atoms with E-state index in [1.807, 2.05) is 13.8 Å². The van der Waals surface area contributed by atoms with Crippen molar-refractivity contribution in [2.75, 3.05) is 11.9 Å². The first-order valence-electron chi connectivity index (χ1n) is 7.86. The molecule has 0 aromatic heterocycles. The second-order valence-corrected chi connectivity index (χ2v) is 6.86. The Morgan fingerprint density at radius 1 is 1.16 bits per heavy atom. The molecule has 2 aromatic rings. The van der Waals surface area contributed by atoms with Gasteiger partial charge in [-0.1, -0.05) is 13.8 Å². The fourth-order valence-electron chi connectivity index (χ4n) is 2.14. The lowest BCUT2D eigenvalue weighted by atomic mass is 10.1. The van der Waals surface area contributed by atoms with Gasteiger partial charge in [0.15, 0.2) is 12.4 Å². The summed E-state index contributed by atoms with van der Waals surface area (Å²) in [7, 11) is 0. The predicted molar refractivity (Wildman–Crippen MR) is 98.5 cm³/mol. The maximum atomic E-state index is 13.0. The molecule has 1 N–H and O–H groups in total. The van der Waals surface area contributed by atoms with Crippen LogP contribution in [-0.4, -0.2) is 18.3 Å². The summed E-state index contributed by atoms with van der Waals surface area (Å²) < 4.78 is 18.9. The largest absolute Gasteiger partial charge is 0.484 e. The van der Waals surface area contributed by atoms with Gasteiger partial charge in [0.1, 0.15) is 11.6 Å². The lowest BCUT2D eigenvalue weighted by Crippen LogP contribution is -2.14. The van der Waals surface area contributed by atoms with Gasteiger partial charge in [-0.2, -0.15) is 0 Å². The molecule has 0 aliphatic heterocycles. The van der Waals surface area contributed by atoms with Gasteiger partial charge >= 0.3 is 0 Å². The number of rotatable bonds is 7. The van der Waals surface area contributed by atoms with E-state index < -0.39 is 0 Å². The molecule has 0 unspecified atom stereocenters. The quantitative estimate of drug-likeness (QED) is 0.668. The molecule has 0 spiro atoms. The van der Waals surface area contributed by atoms with Crippen molar-refractivity contribution >= 4 is 33.3 Å². The molecule has 0 radical (unpaired) electrons. The van der Waals surface area contributed by atoms with Crippen molar-refractivity contribution in [2.24, 2.45) is 5.92 Å². The fourth-order valence-corrected chi connectivity index (χ4v) is 2.61. The summed E-state index contributed by atoms with van der Waals surface area (Å²) >= 11 is 3.19. The molecule has 132 valence electrons. The molecule has 6 heteroatoms. The zero-order chi connectivity index (χ0) is 18.4. The van der Waals surface area contributed by atoms with Crippen LogP contribution in [0.3, 0.4) is 0 Å². The van der Waals surface area contributed by atoms with Crippen molar-refractivity contribution in [2.45, 2.75) is 20.3 Å². The number of ketones is 1. The molecule has 25 heavy (non-hydrogen) atoms. The Balaban J connectivity index is 1.92. The first kappa shape index (κ1) is 19.1. The van der Waals surface area contributed by atoms with Crippen LogP contribution in [0.4, 0.5) is 10.1 Å². The fraction of sp³-hybridized carbons (Fsp3) is 0.263. The first-order valence-corrected chi connectivity index (χ1v) is 8.65. The normalized spacial score (nSPS) is 10.6. The Morgan fingerprint density at radius 3 is 2.44 bits per heavy atom. The van der Waals surface area contributed by atoms with Crippen molar-refractivity contribution < 1.29 is 18.7 Å². The highest BCUT2D eigenvalue weighted by Gasteiger charge is 2.10. The van der Waals surface area contributed by atoms with Gasteiger partial charge in [0.05, 0.1) is 4.47 Å². The third-order valence-corrected chi connectivity index (χ3v) is 3.96. The second kappa shape index (κ2) is 8.76. The van der Waals surface area contributed by atoms with Crippen LogP contribution in [0.5, 0.6) is 5.75 Å². The van der Waals surface area contributed by atoms with Crippen molar-refractivity contribution in [1.82, 2.24) is 0 Å². The Hall–Kier alpha value is -2.21. The number of carbonyl (C=O) groups is 2. The molecule has 1 amide bonds. The van der Waals surface area contributed by atoms with Gasteiger partial charge in [0, 0.05) is 17.7 Å². The molecule has 0 aliphatic rings. The van der Waals surface area contributed by atoms with E-state index in [-0.39, 0.29) is 30.0 Å². The summed E-state index contributed by atoms with van der Waals surface area (Å²) in [6.45, 7) is 3.78. The Bertz CT molecular complexity index is 760. The molecular weight excluding hydrogens is 389 g/mol. The maximum Gasteiger partial charge on any atom is 0.224 e. The molecule has 0 bridgehead atoms. The molecule has 4 nitrogen and oxygen atoms in total. The summed E-state index contributed by atoms with van der Waals surface area (Å²) in [6, 6.07) is 10.6. The minimum absolute atomic E-state index is 0.0569. The van der Waals surface area contributed by atoms with Crippen molar-refractivity contribution in [1.29, 1.82) is 0 Å². The minimum atomic E-state index is -0.388. The van der Waals surface area contributed by atoms with Crippen LogP contribution in [-0.2, 0) is 4.79 Å². The highest BCUT2D eigenvalue weighted by atomic mass is 79.9. The SMILES string of the molecule is CC(C)CC(=O)Nc1ccc(C(=O)COc2ccc(F)cc2Br)cc1. The van der Waals surface area contributed by atoms with Gasteiger partial charge in [-0.25, -0.2) is 4.39 Å². The molecule has 0 aliphatic carbocycles. The molecule has 0 saturated heterocycles. The molecule has 0 fully saturated rings. The van der Waals surface area contributed by atoms with Gasteiger partial charge in [0.25, 0.3) is 0 Å². The highest BCUT2D eigenvalue weighted by Crippen LogP contribution is 2.25. The van der Waals surface area contributed by atoms with Gasteiger partial charge in [0.2, 0.25) is 5.91 Å². The van der Waals surface area contributed by atoms with E-state index >= 15 is 0 Å². The zero-order valence-electron chi connectivity index (χ0n) is 14.0. The minimum Gasteiger partial charge on any atom is -0.484 e. The molecule has 0 atom stereocenters. The van der Waals surface area contributed by atoms with Crippen molar-refractivity contribution in [3.63, 3.8) is 0 Å². The summed E-state index contributed by atoms with van der Waals surface area (Å²) in [5, 5.41) is 2.79. The Kier molecular flexibility index (Phi) is 6.70. The van der Waals surface area contributed by atoms with E-state index in [1.54, 1.807) is 24.3 Å². The monoisotopic (exact) mass is 407 g/mol. The number of amides is 1. The van der Waals surface area contributed by atoms with Crippen LogP contribution in [0.2, 0.25) is 0 Å². The average Bonchev–Trinajstić information content (AvgIpc) is 2.53. The summed E-state index contributed by atoms with van der Waals surface area (Å²) in [5.74, 6) is 0.0200. The van der Waals surface area contributed by atoms with Crippen LogP contribution < -0.4 is 10.1 Å². The lowest BCUT2D eigenvalue weighted by Gasteiger charge is -2.09. The number of halogens is 2. The smallest absolute Gasteiger partial charge is 0.224 e. The van der Waals surface area contributed by atoms with Gasteiger partial charge in [-0.05, 0) is 64.3 Å². The number of Topliss-reactive ketones (excluding diaryl/α,β-unsaturated/α-hetero) is 1. The van der Waals surface area contributed by atoms with E-state index in [2.05, 4.69) is 21.2 Å². The number of anilines is 1. The van der Waals surface area contributed by atoms with Crippen molar-refractivity contribution in [3.05, 3.63) is 58.3 Å². The Labute approximate surface area is 154 Å². The van der Waals surface area contributed by atoms with Gasteiger partial charge in [-0.3, -0.25) is 9.59 Å². The molecular formula is C19H19BrFNO3. The van der Waals surface area contributed by atoms with E-state index in [0.29, 0.717) is 27.9 Å². The van der Waals surface area contributed by atoms with Crippen molar-refractivity contribution in [3.8, 4) is 5.75 Å². The van der Waals surface area contributed by atoms with E-state index in [4.69, 9.17) is 4.74 Å². The first-order chi connectivity index (χ1) is 11.8. The average molecular weight is 408 g/mol. The molecule has 2 rings (SSSR count). The predicted octanol–water partition coefficient (Wildman–Crippen LogP) is 4.83. The standard InChI is InChI=1S/C19H19BrFNO3/c1-12(2)9-19(24)22-15-6-3-13(4-7-15)17(23)11-25-18-8-5-14(21)10-16(18)20/h3-8,10,12H,9,11H2,1-2H3,(H,22,24). The summed E-state index contributed by atoms with van der Waals surface area (Å²) in [6.07, 6.45) is 0.446. The number of hydrogen-bond donors (Lipinski definition) is 1. The number of benzene rings is 2. The summed E-state index contributed by atoms with van der Waals surface area (Å²) in [5.41, 5.74) is 1.12. The van der Waals surface area contributed by atoms with E-state index in [9.17, 15) is 14.0 Å². The molecule has 0 saturated carbocycles. The molecule has 2 aromatic carbocycles. The van der Waals surface area contributed by atoms with Crippen LogP contribution in [0.25, 0.3) is 0 Å². The Morgan fingerprint density at radius 2 is 1.84 bits per heavy atom. The van der Waals surface area contributed by atoms with Crippen LogP contribution in [0.1, 0.15) is 30.6 Å².